The molecule has 1 aromatic heterocycles. The number of amides is 1. The number of nitrogens with zero attached hydrogens (tertiary/aromatic N) is 1. The molecule has 1 aliphatic rings. The monoisotopic (exact) mass is 284 g/mol. The maximum Gasteiger partial charge on any atom is 0.332 e. The molecule has 0 aromatic carbocycles. The highest BCUT2D eigenvalue weighted by molar-refractivity contribution is 7.09. The largest absolute Gasteiger partial charge is 0.479 e. The Morgan fingerprint density at radius 2 is 2.32 bits per heavy atom. The zero-order chi connectivity index (χ0) is 13.8. The van der Waals surface area contributed by atoms with Crippen LogP contribution in [0.15, 0.2) is 11.6 Å². The molecule has 7 heteroatoms. The highest BCUT2D eigenvalue weighted by Gasteiger charge is 2.35. The number of thiazole rings is 1. The van der Waals surface area contributed by atoms with Gasteiger partial charge in [-0.05, 0) is 19.3 Å². The van der Waals surface area contributed by atoms with Crippen molar-refractivity contribution in [1.29, 1.82) is 0 Å². The van der Waals surface area contributed by atoms with Gasteiger partial charge in [0.05, 0.1) is 6.04 Å². The van der Waals surface area contributed by atoms with Gasteiger partial charge in [0.25, 0.3) is 0 Å². The summed E-state index contributed by atoms with van der Waals surface area (Å²) in [5.74, 6) is -1.27. The third-order valence-corrected chi connectivity index (χ3v) is 3.95. The van der Waals surface area contributed by atoms with Crippen LogP contribution in [-0.2, 0) is 14.3 Å². The van der Waals surface area contributed by atoms with E-state index in [9.17, 15) is 9.59 Å². The van der Waals surface area contributed by atoms with Crippen molar-refractivity contribution in [1.82, 2.24) is 10.3 Å². The molecule has 0 aliphatic carbocycles. The molecule has 104 valence electrons. The molecule has 1 aliphatic heterocycles. The van der Waals surface area contributed by atoms with E-state index in [4.69, 9.17) is 9.84 Å². The molecule has 0 radical (unpaired) electrons. The molecule has 1 fully saturated rings. The van der Waals surface area contributed by atoms with Crippen LogP contribution in [0.4, 0.5) is 0 Å². The second-order valence-corrected chi connectivity index (χ2v) is 5.29. The lowest BCUT2D eigenvalue weighted by molar-refractivity contribution is -0.151. The molecule has 6 nitrogen and oxygen atoms in total. The van der Waals surface area contributed by atoms with Crippen LogP contribution in [0, 0.1) is 0 Å². The summed E-state index contributed by atoms with van der Waals surface area (Å²) in [6.07, 6.45) is 1.71. The lowest BCUT2D eigenvalue weighted by Crippen LogP contribution is -2.37. The van der Waals surface area contributed by atoms with Gasteiger partial charge in [-0.1, -0.05) is 6.92 Å². The lowest BCUT2D eigenvalue weighted by atomic mass is 10.1. The molecule has 3 unspecified atom stereocenters. The van der Waals surface area contributed by atoms with Crippen LogP contribution < -0.4 is 5.32 Å². The van der Waals surface area contributed by atoms with Gasteiger partial charge >= 0.3 is 5.97 Å². The average Bonchev–Trinajstić information content (AvgIpc) is 3.05. The van der Waals surface area contributed by atoms with E-state index >= 15 is 0 Å². The van der Waals surface area contributed by atoms with E-state index in [2.05, 4.69) is 10.3 Å². The zero-order valence-corrected chi connectivity index (χ0v) is 11.4. The van der Waals surface area contributed by atoms with E-state index < -0.39 is 18.2 Å². The van der Waals surface area contributed by atoms with E-state index in [1.807, 2.05) is 12.3 Å². The summed E-state index contributed by atoms with van der Waals surface area (Å²) in [6.45, 7) is 1.96. The average molecular weight is 284 g/mol. The molecular formula is C12H16N2O4S. The molecule has 0 saturated carbocycles. The minimum atomic E-state index is -1.01. The minimum Gasteiger partial charge on any atom is -0.479 e. The number of rotatable bonds is 5. The molecule has 19 heavy (non-hydrogen) atoms. The fourth-order valence-corrected chi connectivity index (χ4v) is 2.79. The molecule has 2 N–H and O–H groups in total. The highest BCUT2D eigenvalue weighted by atomic mass is 32.1. The Morgan fingerprint density at radius 1 is 1.58 bits per heavy atom. The van der Waals surface area contributed by atoms with Crippen molar-refractivity contribution in [3.8, 4) is 0 Å². The fraction of sp³-hybridized carbons (Fsp3) is 0.583. The van der Waals surface area contributed by atoms with Crippen LogP contribution in [0.5, 0.6) is 0 Å². The Kier molecular flexibility index (Phi) is 4.49. The highest BCUT2D eigenvalue weighted by Crippen LogP contribution is 2.23. The Bertz CT molecular complexity index is 449. The first-order valence-electron chi connectivity index (χ1n) is 6.19. The number of aromatic nitrogens is 1. The fourth-order valence-electron chi connectivity index (χ4n) is 2.02. The molecule has 3 atom stereocenters. The van der Waals surface area contributed by atoms with Gasteiger partial charge in [0.15, 0.2) is 6.10 Å². The SMILES string of the molecule is CCC(NC(=O)C1CCC(C(=O)O)O1)c1nccs1. The quantitative estimate of drug-likeness (QED) is 0.852. The zero-order valence-electron chi connectivity index (χ0n) is 10.5. The summed E-state index contributed by atoms with van der Waals surface area (Å²) in [6, 6.07) is -0.139. The summed E-state index contributed by atoms with van der Waals surface area (Å²) in [7, 11) is 0. The van der Waals surface area contributed by atoms with E-state index in [1.165, 1.54) is 11.3 Å². The van der Waals surface area contributed by atoms with Gasteiger partial charge in [-0.15, -0.1) is 11.3 Å². The van der Waals surface area contributed by atoms with Gasteiger partial charge in [-0.3, -0.25) is 4.79 Å². The first-order chi connectivity index (χ1) is 9.11. The summed E-state index contributed by atoms with van der Waals surface area (Å²) in [4.78, 5) is 27.0. The van der Waals surface area contributed by atoms with Crippen molar-refractivity contribution < 1.29 is 19.4 Å². The van der Waals surface area contributed by atoms with Gasteiger partial charge in [0, 0.05) is 11.6 Å². The Labute approximate surface area is 114 Å². The van der Waals surface area contributed by atoms with Gasteiger partial charge in [-0.25, -0.2) is 9.78 Å². The normalized spacial score (nSPS) is 24.1. The number of hydrogen-bond acceptors (Lipinski definition) is 5. The number of carbonyl (C=O) groups is 2. The molecular weight excluding hydrogens is 268 g/mol. The standard InChI is InChI=1S/C12H16N2O4S/c1-2-7(11-13-5-6-19-11)14-10(15)8-3-4-9(18-8)12(16)17/h5-9H,2-4H2,1H3,(H,14,15)(H,16,17). The van der Waals surface area contributed by atoms with Crippen molar-refractivity contribution in [2.45, 2.75) is 44.4 Å². The van der Waals surface area contributed by atoms with E-state index in [0.717, 1.165) is 11.4 Å². The van der Waals surface area contributed by atoms with Crippen molar-refractivity contribution in [3.63, 3.8) is 0 Å². The summed E-state index contributed by atoms with van der Waals surface area (Å²) in [5, 5.41) is 14.4. The number of aliphatic carboxylic acids is 1. The Hall–Kier alpha value is -1.47. The summed E-state index contributed by atoms with van der Waals surface area (Å²) >= 11 is 1.48. The van der Waals surface area contributed by atoms with E-state index in [0.29, 0.717) is 12.8 Å². The smallest absolute Gasteiger partial charge is 0.332 e. The maximum absolute atomic E-state index is 12.0. The van der Waals surface area contributed by atoms with Gasteiger partial charge < -0.3 is 15.2 Å². The number of carbonyl (C=O) groups excluding carboxylic acids is 1. The number of hydrogen-bond donors (Lipinski definition) is 2. The number of nitrogens with one attached hydrogen (secondary N) is 1. The summed E-state index contributed by atoms with van der Waals surface area (Å²) in [5.41, 5.74) is 0. The predicted octanol–water partition coefficient (Wildman–Crippen LogP) is 1.34. The first-order valence-corrected chi connectivity index (χ1v) is 7.07. The topological polar surface area (TPSA) is 88.5 Å². The Morgan fingerprint density at radius 3 is 2.84 bits per heavy atom. The third-order valence-electron chi connectivity index (χ3n) is 3.06. The maximum atomic E-state index is 12.0. The predicted molar refractivity (Wildman–Crippen MR) is 68.8 cm³/mol. The van der Waals surface area contributed by atoms with Gasteiger partial charge in [0.2, 0.25) is 5.91 Å². The third kappa shape index (κ3) is 3.30. The first kappa shape index (κ1) is 14.0. The Balaban J connectivity index is 1.92. The van der Waals surface area contributed by atoms with Gasteiger partial charge in [0.1, 0.15) is 11.1 Å². The summed E-state index contributed by atoms with van der Waals surface area (Å²) < 4.78 is 5.22. The van der Waals surface area contributed by atoms with Crippen molar-refractivity contribution in [3.05, 3.63) is 16.6 Å². The van der Waals surface area contributed by atoms with Crippen LogP contribution in [0.1, 0.15) is 37.2 Å². The number of carboxylic acid groups (broad SMARTS) is 1. The number of ether oxygens (including phenoxy) is 1. The second-order valence-electron chi connectivity index (χ2n) is 4.37. The van der Waals surface area contributed by atoms with Crippen molar-refractivity contribution in [2.75, 3.05) is 0 Å². The molecule has 1 saturated heterocycles. The second kappa shape index (κ2) is 6.12. The van der Waals surface area contributed by atoms with Crippen molar-refractivity contribution >= 4 is 23.2 Å². The molecule has 1 aromatic rings. The lowest BCUT2D eigenvalue weighted by Gasteiger charge is -2.17. The van der Waals surface area contributed by atoms with Crippen molar-refractivity contribution in [2.24, 2.45) is 0 Å². The van der Waals surface area contributed by atoms with Gasteiger partial charge in [-0.2, -0.15) is 0 Å². The van der Waals surface area contributed by atoms with Crippen LogP contribution in [0.25, 0.3) is 0 Å². The molecule has 0 bridgehead atoms. The minimum absolute atomic E-state index is 0.139. The molecule has 2 heterocycles. The van der Waals surface area contributed by atoms with Crippen LogP contribution in [0.3, 0.4) is 0 Å². The molecule has 0 spiro atoms. The van der Waals surface area contributed by atoms with E-state index in [-0.39, 0.29) is 11.9 Å². The van der Waals surface area contributed by atoms with E-state index in [1.54, 1.807) is 6.20 Å². The molecule has 2 rings (SSSR count). The van der Waals surface area contributed by atoms with Crippen LogP contribution in [-0.4, -0.2) is 34.2 Å². The number of carboxylic acids is 1. The van der Waals surface area contributed by atoms with Crippen LogP contribution in [0.2, 0.25) is 0 Å². The van der Waals surface area contributed by atoms with Crippen LogP contribution >= 0.6 is 11.3 Å². The molecule has 1 amide bonds.